The average Bonchev–Trinajstić information content (AvgIpc) is 3.01. The highest BCUT2D eigenvalue weighted by atomic mass is 32.2. The first-order valence-electron chi connectivity index (χ1n) is 8.47. The van der Waals surface area contributed by atoms with E-state index in [1.54, 1.807) is 14.2 Å². The van der Waals surface area contributed by atoms with Crippen molar-refractivity contribution < 1.29 is 14.3 Å². The molecular formula is C20H22N2O3S. The zero-order valence-corrected chi connectivity index (χ0v) is 15.9. The topological polar surface area (TPSA) is 59.9 Å². The van der Waals surface area contributed by atoms with Gasteiger partial charge in [-0.15, -0.1) is 0 Å². The summed E-state index contributed by atoms with van der Waals surface area (Å²) < 4.78 is 10.8. The van der Waals surface area contributed by atoms with Gasteiger partial charge in [-0.25, -0.2) is 4.99 Å². The van der Waals surface area contributed by atoms with Gasteiger partial charge in [-0.2, -0.15) is 0 Å². The lowest BCUT2D eigenvalue weighted by atomic mass is 10.0. The molecule has 0 unspecified atom stereocenters. The number of methoxy groups -OCH3 is 2. The molecule has 1 aliphatic heterocycles. The number of benzene rings is 1. The molecule has 26 heavy (non-hydrogen) atoms. The lowest BCUT2D eigenvalue weighted by Gasteiger charge is -2.22. The van der Waals surface area contributed by atoms with Crippen LogP contribution in [0.1, 0.15) is 12.5 Å². The number of hydrogen-bond acceptors (Lipinski definition) is 5. The molecule has 3 rings (SSSR count). The Hall–Kier alpha value is -2.15. The van der Waals surface area contributed by atoms with Gasteiger partial charge in [0, 0.05) is 14.2 Å². The number of hydrogen-bond donors (Lipinski definition) is 1. The van der Waals surface area contributed by atoms with E-state index >= 15 is 0 Å². The summed E-state index contributed by atoms with van der Waals surface area (Å²) in [5, 5.41) is 3.40. The van der Waals surface area contributed by atoms with Crippen molar-refractivity contribution in [2.24, 2.45) is 4.99 Å². The molecule has 0 spiro atoms. The lowest BCUT2D eigenvalue weighted by molar-refractivity contribution is -0.115. The second-order valence-electron chi connectivity index (χ2n) is 5.93. The number of rotatable bonds is 5. The second kappa shape index (κ2) is 8.49. The standard InChI is InChI=1S/C20H22N2O3S/c1-4-13-5-8-15(9-6-13)21-20-22-19(23)18(26-20)12-14-7-10-16(24-2)17(11-14)25-3/h5-12,16-17H,4H2,1-3H3,(H,21,22,23)/b18-12-/t16-,17-/m0/s1. The van der Waals surface area contributed by atoms with Crippen LogP contribution in [0, 0.1) is 0 Å². The first-order valence-corrected chi connectivity index (χ1v) is 9.28. The number of aliphatic imine (C=N–C) groups is 1. The maximum atomic E-state index is 12.2. The van der Waals surface area contributed by atoms with Crippen LogP contribution in [0.4, 0.5) is 5.69 Å². The monoisotopic (exact) mass is 370 g/mol. The SMILES string of the molecule is CCc1ccc(N=C2NC(=O)/C(=C/C3=C[C@H](OC)[C@@H](OC)C=C3)S2)cc1. The molecule has 1 aromatic carbocycles. The van der Waals surface area contributed by atoms with Gasteiger partial charge in [-0.1, -0.05) is 31.2 Å². The van der Waals surface area contributed by atoms with Gasteiger partial charge in [0.05, 0.1) is 10.6 Å². The third kappa shape index (κ3) is 4.33. The maximum absolute atomic E-state index is 12.2. The van der Waals surface area contributed by atoms with Gasteiger partial charge >= 0.3 is 0 Å². The number of carbonyl (C=O) groups excluding carboxylic acids is 1. The van der Waals surface area contributed by atoms with Crippen molar-refractivity contribution in [2.75, 3.05) is 14.2 Å². The summed E-state index contributed by atoms with van der Waals surface area (Å²) in [6, 6.07) is 8.01. The van der Waals surface area contributed by atoms with Gasteiger partial charge in [0.25, 0.3) is 5.91 Å². The highest BCUT2D eigenvalue weighted by molar-refractivity contribution is 8.18. The Bertz CT molecular complexity index is 794. The summed E-state index contributed by atoms with van der Waals surface area (Å²) in [5.41, 5.74) is 3.00. The Balaban J connectivity index is 1.75. The minimum absolute atomic E-state index is 0.115. The Morgan fingerprint density at radius 1 is 1.19 bits per heavy atom. The van der Waals surface area contributed by atoms with Gasteiger partial charge in [-0.05, 0) is 53.6 Å². The van der Waals surface area contributed by atoms with Crippen molar-refractivity contribution in [2.45, 2.75) is 25.6 Å². The van der Waals surface area contributed by atoms with Crippen molar-refractivity contribution in [1.82, 2.24) is 5.32 Å². The fraction of sp³-hybridized carbons (Fsp3) is 0.300. The fourth-order valence-electron chi connectivity index (χ4n) is 2.72. The second-order valence-corrected chi connectivity index (χ2v) is 6.96. The van der Waals surface area contributed by atoms with Crippen molar-refractivity contribution in [3.05, 3.63) is 64.6 Å². The van der Waals surface area contributed by atoms with E-state index in [-0.39, 0.29) is 18.1 Å². The van der Waals surface area contributed by atoms with E-state index < -0.39 is 0 Å². The Morgan fingerprint density at radius 2 is 1.92 bits per heavy atom. The zero-order valence-electron chi connectivity index (χ0n) is 15.1. The van der Waals surface area contributed by atoms with Crippen LogP contribution in [0.15, 0.2) is 64.0 Å². The molecule has 1 aliphatic carbocycles. The first kappa shape index (κ1) is 18.6. The van der Waals surface area contributed by atoms with Crippen LogP contribution in [0.25, 0.3) is 0 Å². The normalized spacial score (nSPS) is 25.7. The summed E-state index contributed by atoms with van der Waals surface area (Å²) in [6.07, 6.45) is 8.37. The molecule has 2 aliphatic rings. The minimum Gasteiger partial charge on any atom is -0.374 e. The molecular weight excluding hydrogens is 348 g/mol. The number of amidine groups is 1. The number of amides is 1. The van der Waals surface area contributed by atoms with Gasteiger partial charge in [0.1, 0.15) is 12.2 Å². The summed E-state index contributed by atoms with van der Waals surface area (Å²) in [4.78, 5) is 17.3. The van der Waals surface area contributed by atoms with E-state index in [0.717, 1.165) is 17.7 Å². The fourth-order valence-corrected chi connectivity index (χ4v) is 3.56. The summed E-state index contributed by atoms with van der Waals surface area (Å²) in [5.74, 6) is -0.143. The number of nitrogens with zero attached hydrogens (tertiary/aromatic N) is 1. The predicted octanol–water partition coefficient (Wildman–Crippen LogP) is 3.51. The van der Waals surface area contributed by atoms with E-state index in [0.29, 0.717) is 10.1 Å². The predicted molar refractivity (Wildman–Crippen MR) is 106 cm³/mol. The molecule has 1 saturated heterocycles. The highest BCUT2D eigenvalue weighted by Gasteiger charge is 2.25. The molecule has 2 atom stereocenters. The largest absolute Gasteiger partial charge is 0.374 e. The van der Waals surface area contributed by atoms with E-state index in [4.69, 9.17) is 9.47 Å². The van der Waals surface area contributed by atoms with E-state index in [2.05, 4.69) is 17.2 Å². The molecule has 1 aromatic rings. The quantitative estimate of drug-likeness (QED) is 0.806. The van der Waals surface area contributed by atoms with Gasteiger partial charge < -0.3 is 14.8 Å². The van der Waals surface area contributed by atoms with Crippen LogP contribution in [0.2, 0.25) is 0 Å². The third-order valence-electron chi connectivity index (χ3n) is 4.23. The number of carbonyl (C=O) groups is 1. The molecule has 1 amide bonds. The van der Waals surface area contributed by atoms with Gasteiger partial charge in [-0.3, -0.25) is 4.79 Å². The number of aryl methyl sites for hydroxylation is 1. The zero-order chi connectivity index (χ0) is 18.5. The Kier molecular flexibility index (Phi) is 6.08. The summed E-state index contributed by atoms with van der Waals surface area (Å²) in [6.45, 7) is 2.11. The molecule has 136 valence electrons. The number of ether oxygens (including phenoxy) is 2. The smallest absolute Gasteiger partial charge is 0.264 e. The van der Waals surface area contributed by atoms with Gasteiger partial charge in [0.15, 0.2) is 5.17 Å². The molecule has 1 heterocycles. The van der Waals surface area contributed by atoms with Crippen LogP contribution in [0.3, 0.4) is 0 Å². The highest BCUT2D eigenvalue weighted by Crippen LogP contribution is 2.28. The van der Waals surface area contributed by atoms with Crippen LogP contribution in [-0.2, 0) is 20.7 Å². The summed E-state index contributed by atoms with van der Waals surface area (Å²) in [7, 11) is 3.29. The lowest BCUT2D eigenvalue weighted by Crippen LogP contribution is -2.28. The Labute approximate surface area is 157 Å². The van der Waals surface area contributed by atoms with Crippen LogP contribution >= 0.6 is 11.8 Å². The molecule has 5 nitrogen and oxygen atoms in total. The molecule has 6 heteroatoms. The van der Waals surface area contributed by atoms with E-state index in [1.165, 1.54) is 17.3 Å². The van der Waals surface area contributed by atoms with Crippen LogP contribution < -0.4 is 5.32 Å². The van der Waals surface area contributed by atoms with Crippen molar-refractivity contribution in [3.63, 3.8) is 0 Å². The van der Waals surface area contributed by atoms with Crippen LogP contribution in [0.5, 0.6) is 0 Å². The maximum Gasteiger partial charge on any atom is 0.264 e. The van der Waals surface area contributed by atoms with Crippen LogP contribution in [-0.4, -0.2) is 37.5 Å². The molecule has 0 aromatic heterocycles. The molecule has 0 radical (unpaired) electrons. The average molecular weight is 370 g/mol. The van der Waals surface area contributed by atoms with Crippen molar-refractivity contribution >= 4 is 28.5 Å². The number of nitrogens with one attached hydrogen (secondary N) is 1. The van der Waals surface area contributed by atoms with Crippen molar-refractivity contribution in [3.8, 4) is 0 Å². The van der Waals surface area contributed by atoms with Crippen molar-refractivity contribution in [1.29, 1.82) is 0 Å². The number of thioether (sulfide) groups is 1. The Morgan fingerprint density at radius 3 is 2.58 bits per heavy atom. The molecule has 1 N–H and O–H groups in total. The molecule has 1 fully saturated rings. The number of allylic oxidation sites excluding steroid dienone is 3. The summed E-state index contributed by atoms with van der Waals surface area (Å²) >= 11 is 1.34. The third-order valence-corrected chi connectivity index (χ3v) is 5.14. The van der Waals surface area contributed by atoms with Gasteiger partial charge in [0.2, 0.25) is 0 Å². The molecule has 0 bridgehead atoms. The molecule has 0 saturated carbocycles. The first-order chi connectivity index (χ1) is 12.6. The minimum atomic E-state index is -0.170. The van der Waals surface area contributed by atoms with E-state index in [9.17, 15) is 4.79 Å². The van der Waals surface area contributed by atoms with E-state index in [1.807, 2.05) is 48.6 Å².